The van der Waals surface area contributed by atoms with E-state index < -0.39 is 62.0 Å². The summed E-state index contributed by atoms with van der Waals surface area (Å²) in [5, 5.41) is 0. The average Bonchev–Trinajstić information content (AvgIpc) is 3.06. The second-order valence-electron chi connectivity index (χ2n) is 6.45. The maximum atomic E-state index is 14.5. The predicted octanol–water partition coefficient (Wildman–Crippen LogP) is 6.02. The number of furan rings is 1. The van der Waals surface area contributed by atoms with Crippen molar-refractivity contribution in [1.82, 2.24) is 0 Å². The van der Waals surface area contributed by atoms with Crippen molar-refractivity contribution in [2.45, 2.75) is 24.4 Å². The summed E-state index contributed by atoms with van der Waals surface area (Å²) < 4.78 is 114. The van der Waals surface area contributed by atoms with Crippen LogP contribution in [0.4, 0.5) is 32.0 Å². The molecule has 0 aliphatic heterocycles. The molecular weight excluding hydrogens is 563 g/mol. The van der Waals surface area contributed by atoms with Gasteiger partial charge in [-0.05, 0) is 59.3 Å². The van der Waals surface area contributed by atoms with Crippen LogP contribution in [0.2, 0.25) is 0 Å². The topological polar surface area (TPSA) is 59.3 Å². The fourth-order valence-electron chi connectivity index (χ4n) is 2.80. The monoisotopic (exact) mass is 575 g/mol. The Bertz CT molecular complexity index is 1250. The number of sulfonamides is 1. The van der Waals surface area contributed by atoms with Crippen molar-refractivity contribution in [3.8, 4) is 0 Å². The summed E-state index contributed by atoms with van der Waals surface area (Å²) in [5.74, 6) is -5.62. The Morgan fingerprint density at radius 1 is 1.03 bits per heavy atom. The molecule has 2 aromatic carbocycles. The van der Waals surface area contributed by atoms with Gasteiger partial charge in [0.2, 0.25) is 5.76 Å². The second-order valence-corrected chi connectivity index (χ2v) is 9.35. The van der Waals surface area contributed by atoms with Crippen molar-refractivity contribution < 1.29 is 39.2 Å². The van der Waals surface area contributed by atoms with Gasteiger partial charge in [-0.25, -0.2) is 21.6 Å². The summed E-state index contributed by atoms with van der Waals surface area (Å²) in [5.41, 5.74) is -1.18. The number of rotatable bonds is 5. The van der Waals surface area contributed by atoms with E-state index in [1.54, 1.807) is 0 Å². The molecule has 0 saturated carbocycles. The first-order chi connectivity index (χ1) is 14.3. The molecule has 0 fully saturated rings. The molecule has 0 saturated heterocycles. The molecule has 31 heavy (non-hydrogen) atoms. The second kappa shape index (κ2) is 8.37. The molecule has 1 aromatic heterocycles. The number of hydrogen-bond acceptors (Lipinski definition) is 3. The normalized spacial score (nSPS) is 12.3. The molecule has 0 unspecified atom stereocenters. The van der Waals surface area contributed by atoms with Crippen molar-refractivity contribution in [2.24, 2.45) is 0 Å². The zero-order chi connectivity index (χ0) is 23.1. The number of aryl methyl sites for hydroxylation is 1. The molecule has 4 nitrogen and oxygen atoms in total. The number of halogens is 7. The lowest BCUT2D eigenvalue weighted by molar-refractivity contribution is -0.155. The highest BCUT2D eigenvalue weighted by atomic mass is 127. The van der Waals surface area contributed by atoms with Gasteiger partial charge in [-0.15, -0.1) is 0 Å². The van der Waals surface area contributed by atoms with Gasteiger partial charge in [0.1, 0.15) is 16.5 Å². The highest BCUT2D eigenvalue weighted by Gasteiger charge is 2.42. The molecule has 1 N–H and O–H groups in total. The maximum absolute atomic E-state index is 14.5. The molecule has 0 radical (unpaired) electrons. The van der Waals surface area contributed by atoms with Gasteiger partial charge in [0, 0.05) is 21.6 Å². The summed E-state index contributed by atoms with van der Waals surface area (Å²) in [6.07, 6.45) is -5.67. The summed E-state index contributed by atoms with van der Waals surface area (Å²) in [6, 6.07) is 6.05. The zero-order valence-electron chi connectivity index (χ0n) is 15.4. The lowest BCUT2D eigenvalue weighted by atomic mass is 10.0. The summed E-state index contributed by atoms with van der Waals surface area (Å²) in [4.78, 5) is -1.21. The van der Waals surface area contributed by atoms with Crippen LogP contribution in [0, 0.1) is 27.9 Å². The standard InChI is InChI=1S/C19H12F6INO3S/c1-9-6-16(18(30-9)19(23,24)25)31(28,29)27-15-5-4-13(20)17(22)12(15)7-10-2-3-11(26)8-14(10)21/h2-6,8,27H,7H2,1H3. The third-order valence-electron chi connectivity index (χ3n) is 4.19. The van der Waals surface area contributed by atoms with Crippen molar-refractivity contribution in [3.05, 3.63) is 80.1 Å². The Hall–Kier alpha value is -2.22. The van der Waals surface area contributed by atoms with E-state index in [9.17, 15) is 34.8 Å². The minimum atomic E-state index is -5.11. The first kappa shape index (κ1) is 23.4. The van der Waals surface area contributed by atoms with E-state index in [0.29, 0.717) is 15.7 Å². The molecule has 0 aliphatic carbocycles. The molecule has 0 spiro atoms. The largest absolute Gasteiger partial charge is 0.455 e. The van der Waals surface area contributed by atoms with E-state index in [1.807, 2.05) is 27.3 Å². The minimum Gasteiger partial charge on any atom is -0.455 e. The minimum absolute atomic E-state index is 0.0690. The molecule has 3 aromatic rings. The van der Waals surface area contributed by atoms with Crippen LogP contribution in [0.5, 0.6) is 0 Å². The lowest BCUT2D eigenvalue weighted by Gasteiger charge is -2.15. The number of hydrogen-bond donors (Lipinski definition) is 1. The number of nitrogens with one attached hydrogen (secondary N) is 1. The molecule has 0 aliphatic rings. The molecule has 0 atom stereocenters. The van der Waals surface area contributed by atoms with Gasteiger partial charge >= 0.3 is 6.18 Å². The predicted molar refractivity (Wildman–Crippen MR) is 108 cm³/mol. The van der Waals surface area contributed by atoms with Crippen LogP contribution in [0.1, 0.15) is 22.6 Å². The zero-order valence-corrected chi connectivity index (χ0v) is 18.4. The van der Waals surface area contributed by atoms with Crippen molar-refractivity contribution >= 4 is 38.3 Å². The third kappa shape index (κ3) is 5.00. The van der Waals surface area contributed by atoms with E-state index in [0.717, 1.165) is 19.1 Å². The summed E-state index contributed by atoms with van der Waals surface area (Å²) in [7, 11) is -4.92. The number of alkyl halides is 3. The summed E-state index contributed by atoms with van der Waals surface area (Å²) in [6.45, 7) is 1.12. The van der Waals surface area contributed by atoms with Crippen molar-refractivity contribution in [2.75, 3.05) is 4.72 Å². The molecule has 0 bridgehead atoms. The highest BCUT2D eigenvalue weighted by molar-refractivity contribution is 14.1. The van der Waals surface area contributed by atoms with Gasteiger partial charge in [-0.3, -0.25) is 4.72 Å². The quantitative estimate of drug-likeness (QED) is 0.299. The number of benzene rings is 2. The average molecular weight is 575 g/mol. The summed E-state index contributed by atoms with van der Waals surface area (Å²) >= 11 is 1.84. The first-order valence-corrected chi connectivity index (χ1v) is 11.0. The highest BCUT2D eigenvalue weighted by Crippen LogP contribution is 2.37. The van der Waals surface area contributed by atoms with E-state index in [2.05, 4.69) is 4.42 Å². The van der Waals surface area contributed by atoms with Gasteiger partial charge in [0.15, 0.2) is 11.6 Å². The van der Waals surface area contributed by atoms with Crippen LogP contribution >= 0.6 is 22.6 Å². The molecule has 166 valence electrons. The van der Waals surface area contributed by atoms with Gasteiger partial charge in [-0.1, -0.05) is 6.07 Å². The third-order valence-corrected chi connectivity index (χ3v) is 6.23. The Morgan fingerprint density at radius 2 is 1.71 bits per heavy atom. The fraction of sp³-hybridized carbons (Fsp3) is 0.158. The van der Waals surface area contributed by atoms with E-state index in [1.165, 1.54) is 12.1 Å². The van der Waals surface area contributed by atoms with Crippen LogP contribution in [-0.2, 0) is 22.6 Å². The Morgan fingerprint density at radius 3 is 2.32 bits per heavy atom. The van der Waals surface area contributed by atoms with Crippen LogP contribution in [-0.4, -0.2) is 8.42 Å². The molecule has 0 amide bonds. The molecule has 1 heterocycles. The SMILES string of the molecule is Cc1cc(S(=O)(=O)Nc2ccc(F)c(F)c2Cc2ccc(I)cc2F)c(C(F)(F)F)o1. The maximum Gasteiger partial charge on any atom is 0.450 e. The Labute approximate surface area is 186 Å². The van der Waals surface area contributed by atoms with Gasteiger partial charge in [0.25, 0.3) is 10.0 Å². The molecule has 12 heteroatoms. The van der Waals surface area contributed by atoms with Crippen LogP contribution in [0.15, 0.2) is 45.7 Å². The van der Waals surface area contributed by atoms with E-state index >= 15 is 0 Å². The Balaban J connectivity index is 2.07. The smallest absolute Gasteiger partial charge is 0.450 e. The Kier molecular flexibility index (Phi) is 6.33. The fourth-order valence-corrected chi connectivity index (χ4v) is 4.57. The van der Waals surface area contributed by atoms with Crippen LogP contribution < -0.4 is 4.72 Å². The van der Waals surface area contributed by atoms with E-state index in [-0.39, 0.29) is 11.3 Å². The van der Waals surface area contributed by atoms with Crippen molar-refractivity contribution in [3.63, 3.8) is 0 Å². The first-order valence-electron chi connectivity index (χ1n) is 8.41. The molecule has 3 rings (SSSR count). The van der Waals surface area contributed by atoms with Gasteiger partial charge in [0.05, 0.1) is 5.69 Å². The van der Waals surface area contributed by atoms with Gasteiger partial charge in [-0.2, -0.15) is 13.2 Å². The van der Waals surface area contributed by atoms with Crippen molar-refractivity contribution in [1.29, 1.82) is 0 Å². The van der Waals surface area contributed by atoms with E-state index in [4.69, 9.17) is 0 Å². The number of anilines is 1. The molecular formula is C19H12F6INO3S. The lowest BCUT2D eigenvalue weighted by Crippen LogP contribution is -2.19. The van der Waals surface area contributed by atoms with Crippen LogP contribution in [0.25, 0.3) is 0 Å². The van der Waals surface area contributed by atoms with Crippen LogP contribution in [0.3, 0.4) is 0 Å². The van der Waals surface area contributed by atoms with Gasteiger partial charge < -0.3 is 4.42 Å².